The molecule has 26 heavy (non-hydrogen) atoms. The monoisotopic (exact) mass is 368 g/mol. The first-order chi connectivity index (χ1) is 12.5. The van der Waals surface area contributed by atoms with Crippen molar-refractivity contribution < 1.29 is 4.79 Å². The molecule has 3 aromatic heterocycles. The summed E-state index contributed by atoms with van der Waals surface area (Å²) in [6.45, 7) is 2.00. The number of nitrogens with zero attached hydrogens (tertiary/aromatic N) is 4. The highest BCUT2D eigenvalue weighted by Gasteiger charge is 2.10. The highest BCUT2D eigenvalue weighted by atomic mass is 35.5. The van der Waals surface area contributed by atoms with E-state index in [1.54, 1.807) is 42.9 Å². The van der Waals surface area contributed by atoms with Crippen molar-refractivity contribution >= 4 is 23.5 Å². The van der Waals surface area contributed by atoms with Gasteiger partial charge in [0.2, 0.25) is 5.95 Å². The molecule has 0 bridgehead atoms. The van der Waals surface area contributed by atoms with Crippen LogP contribution in [-0.2, 0) is 6.42 Å². The maximum absolute atomic E-state index is 11.2. The maximum atomic E-state index is 11.2. The summed E-state index contributed by atoms with van der Waals surface area (Å²) < 4.78 is 0. The number of hydrogen-bond donors (Lipinski definition) is 2. The van der Waals surface area contributed by atoms with Gasteiger partial charge in [-0.3, -0.25) is 9.78 Å². The van der Waals surface area contributed by atoms with Crippen molar-refractivity contribution in [3.8, 4) is 11.3 Å². The fraction of sp³-hybridized carbons (Fsp3) is 0.167. The van der Waals surface area contributed by atoms with E-state index in [1.165, 1.54) is 0 Å². The molecule has 3 heterocycles. The summed E-state index contributed by atoms with van der Waals surface area (Å²) in [4.78, 5) is 28.3. The van der Waals surface area contributed by atoms with E-state index in [1.807, 2.05) is 13.0 Å². The summed E-state index contributed by atoms with van der Waals surface area (Å²) in [5, 5.41) is 3.85. The molecule has 0 saturated heterocycles. The van der Waals surface area contributed by atoms with Crippen LogP contribution < -0.4 is 11.1 Å². The van der Waals surface area contributed by atoms with Crippen LogP contribution >= 0.6 is 11.6 Å². The lowest BCUT2D eigenvalue weighted by molar-refractivity contribution is 0.0995. The Morgan fingerprint density at radius 1 is 1.19 bits per heavy atom. The topological polar surface area (TPSA) is 107 Å². The van der Waals surface area contributed by atoms with Gasteiger partial charge in [0.15, 0.2) is 0 Å². The SMILES string of the molecule is CC(Cc1ncccc1Cl)Nc1ncc(-c2cccc(C(N)=O)n2)cn1. The molecule has 132 valence electrons. The van der Waals surface area contributed by atoms with Gasteiger partial charge in [0.05, 0.1) is 16.4 Å². The number of amides is 1. The molecule has 0 aliphatic carbocycles. The minimum absolute atomic E-state index is 0.0459. The number of primary amides is 1. The van der Waals surface area contributed by atoms with Crippen molar-refractivity contribution in [1.29, 1.82) is 0 Å². The summed E-state index contributed by atoms with van der Waals surface area (Å²) in [6.07, 6.45) is 5.64. The molecule has 0 aliphatic rings. The van der Waals surface area contributed by atoms with Crippen LogP contribution in [0.1, 0.15) is 23.1 Å². The second-order valence-electron chi connectivity index (χ2n) is 5.75. The predicted molar refractivity (Wildman–Crippen MR) is 99.8 cm³/mol. The number of hydrogen-bond acceptors (Lipinski definition) is 6. The summed E-state index contributed by atoms with van der Waals surface area (Å²) in [6, 6.07) is 8.70. The first-order valence-electron chi connectivity index (χ1n) is 7.98. The van der Waals surface area contributed by atoms with Gasteiger partial charge in [0, 0.05) is 36.6 Å². The lowest BCUT2D eigenvalue weighted by Crippen LogP contribution is -2.20. The van der Waals surface area contributed by atoms with Crippen LogP contribution in [0, 0.1) is 0 Å². The molecule has 1 atom stereocenters. The largest absolute Gasteiger partial charge is 0.364 e. The molecule has 3 N–H and O–H groups in total. The number of halogens is 1. The van der Waals surface area contributed by atoms with E-state index in [0.29, 0.717) is 28.6 Å². The predicted octanol–water partition coefficient (Wildman–Crippen LogP) is 2.73. The Morgan fingerprint density at radius 3 is 2.65 bits per heavy atom. The maximum Gasteiger partial charge on any atom is 0.267 e. The number of carbonyl (C=O) groups excluding carboxylic acids is 1. The van der Waals surface area contributed by atoms with Gasteiger partial charge >= 0.3 is 0 Å². The van der Waals surface area contributed by atoms with Crippen molar-refractivity contribution in [3.05, 3.63) is 65.3 Å². The third kappa shape index (κ3) is 4.31. The van der Waals surface area contributed by atoms with Gasteiger partial charge < -0.3 is 11.1 Å². The quantitative estimate of drug-likeness (QED) is 0.692. The molecule has 0 fully saturated rings. The molecule has 1 unspecified atom stereocenters. The lowest BCUT2D eigenvalue weighted by atomic mass is 10.1. The highest BCUT2D eigenvalue weighted by molar-refractivity contribution is 6.31. The molecule has 0 aromatic carbocycles. The number of carbonyl (C=O) groups is 1. The molecule has 0 saturated carbocycles. The Labute approximate surface area is 155 Å². The zero-order valence-corrected chi connectivity index (χ0v) is 14.8. The summed E-state index contributed by atoms with van der Waals surface area (Å²) in [7, 11) is 0. The fourth-order valence-corrected chi connectivity index (χ4v) is 2.60. The van der Waals surface area contributed by atoms with E-state index in [-0.39, 0.29) is 11.7 Å². The number of pyridine rings is 2. The van der Waals surface area contributed by atoms with Crippen molar-refractivity contribution in [2.45, 2.75) is 19.4 Å². The standard InChI is InChI=1S/C18H17ClN6O/c1-11(8-16-13(19)4-3-7-21-16)24-18-22-9-12(10-23-18)14-5-2-6-15(25-14)17(20)26/h2-7,9-11H,8H2,1H3,(H2,20,26)(H,22,23,24). The Bertz CT molecular complexity index is 916. The Hall–Kier alpha value is -3.06. The van der Waals surface area contributed by atoms with Crippen LogP contribution in [0.25, 0.3) is 11.3 Å². The van der Waals surface area contributed by atoms with Crippen LogP contribution in [-0.4, -0.2) is 31.9 Å². The first kappa shape index (κ1) is 17.8. The van der Waals surface area contributed by atoms with E-state index in [2.05, 4.69) is 25.3 Å². The Balaban J connectivity index is 1.69. The zero-order chi connectivity index (χ0) is 18.5. The summed E-state index contributed by atoms with van der Waals surface area (Å²) >= 11 is 6.13. The van der Waals surface area contributed by atoms with E-state index in [4.69, 9.17) is 17.3 Å². The average molecular weight is 369 g/mol. The van der Waals surface area contributed by atoms with E-state index >= 15 is 0 Å². The van der Waals surface area contributed by atoms with Gasteiger partial charge in [-0.05, 0) is 31.2 Å². The van der Waals surface area contributed by atoms with Crippen molar-refractivity contribution in [2.75, 3.05) is 5.32 Å². The average Bonchev–Trinajstić information content (AvgIpc) is 2.64. The molecule has 1 amide bonds. The van der Waals surface area contributed by atoms with Gasteiger partial charge in [0.25, 0.3) is 5.91 Å². The van der Waals surface area contributed by atoms with Crippen molar-refractivity contribution in [2.24, 2.45) is 5.73 Å². The number of nitrogens with two attached hydrogens (primary N) is 1. The second kappa shape index (κ2) is 7.88. The molecule has 3 aromatic rings. The minimum atomic E-state index is -0.576. The molecule has 0 aliphatic heterocycles. The summed E-state index contributed by atoms with van der Waals surface area (Å²) in [5.41, 5.74) is 7.55. The van der Waals surface area contributed by atoms with Crippen LogP contribution in [0.5, 0.6) is 0 Å². The van der Waals surface area contributed by atoms with Crippen LogP contribution in [0.15, 0.2) is 48.9 Å². The molecular formula is C18H17ClN6O. The van der Waals surface area contributed by atoms with Crippen LogP contribution in [0.4, 0.5) is 5.95 Å². The Kier molecular flexibility index (Phi) is 5.38. The fourth-order valence-electron chi connectivity index (χ4n) is 2.40. The number of rotatable bonds is 6. The van der Waals surface area contributed by atoms with E-state index in [0.717, 1.165) is 5.69 Å². The number of anilines is 1. The van der Waals surface area contributed by atoms with E-state index in [9.17, 15) is 4.79 Å². The Morgan fingerprint density at radius 2 is 1.96 bits per heavy atom. The second-order valence-corrected chi connectivity index (χ2v) is 6.16. The van der Waals surface area contributed by atoms with Gasteiger partial charge in [-0.15, -0.1) is 0 Å². The summed E-state index contributed by atoms with van der Waals surface area (Å²) in [5.74, 6) is -0.0904. The molecule has 0 spiro atoms. The van der Waals surface area contributed by atoms with Crippen molar-refractivity contribution in [3.63, 3.8) is 0 Å². The molecule has 8 heteroatoms. The highest BCUT2D eigenvalue weighted by Crippen LogP contribution is 2.18. The van der Waals surface area contributed by atoms with Crippen LogP contribution in [0.2, 0.25) is 5.02 Å². The zero-order valence-electron chi connectivity index (χ0n) is 14.1. The number of nitrogens with one attached hydrogen (secondary N) is 1. The first-order valence-corrected chi connectivity index (χ1v) is 8.36. The van der Waals surface area contributed by atoms with Crippen LogP contribution in [0.3, 0.4) is 0 Å². The molecule has 0 radical (unpaired) electrons. The molecule has 7 nitrogen and oxygen atoms in total. The van der Waals surface area contributed by atoms with E-state index < -0.39 is 5.91 Å². The van der Waals surface area contributed by atoms with Gasteiger partial charge in [-0.2, -0.15) is 0 Å². The third-order valence-electron chi connectivity index (χ3n) is 3.66. The smallest absolute Gasteiger partial charge is 0.267 e. The van der Waals surface area contributed by atoms with Crippen molar-refractivity contribution in [1.82, 2.24) is 19.9 Å². The molecule has 3 rings (SSSR count). The minimum Gasteiger partial charge on any atom is -0.364 e. The lowest BCUT2D eigenvalue weighted by Gasteiger charge is -2.14. The molecular weight excluding hydrogens is 352 g/mol. The normalized spacial score (nSPS) is 11.8. The van der Waals surface area contributed by atoms with Gasteiger partial charge in [-0.1, -0.05) is 17.7 Å². The van der Waals surface area contributed by atoms with Gasteiger partial charge in [0.1, 0.15) is 5.69 Å². The van der Waals surface area contributed by atoms with Gasteiger partial charge in [-0.25, -0.2) is 15.0 Å². The third-order valence-corrected chi connectivity index (χ3v) is 4.00. The number of aromatic nitrogens is 4.